The number of piperazine rings is 1. The van der Waals surface area contributed by atoms with Gasteiger partial charge in [0.15, 0.2) is 5.82 Å². The molecule has 6 heterocycles. The van der Waals surface area contributed by atoms with Gasteiger partial charge in [-0.05, 0) is 67.3 Å². The molecule has 60 heavy (non-hydrogen) atoms. The van der Waals surface area contributed by atoms with Crippen LogP contribution in [-0.4, -0.2) is 92.9 Å². The van der Waals surface area contributed by atoms with Crippen LogP contribution in [0.3, 0.4) is 0 Å². The summed E-state index contributed by atoms with van der Waals surface area (Å²) in [6, 6.07) is 19.4. The number of imide groups is 1. The molecule has 0 aliphatic carbocycles. The Morgan fingerprint density at radius 1 is 0.883 bits per heavy atom. The molecule has 2 aromatic carbocycles. The van der Waals surface area contributed by atoms with Crippen molar-refractivity contribution in [3.63, 3.8) is 0 Å². The minimum absolute atomic E-state index is 0.0426. The standard InChI is InChI=1S/C44H49N11O5/c1-26-20-29(8-12-33(26)27(2)48-40(58)41-51-43(52-60-41)44(3,4)5)35-21-37(47-25-46-35)49-36-14-11-32(22-45-36)53-16-18-54(19-17-53)42(59)30-23-55(24-30)31-9-6-28(7-10-31)34-13-15-38(56)50-39(34)57/h6-12,14,20-22,25,27,30,34H,13,15-19,23-24H2,1-5H3,(H,48,58)(H,50,56,57)(H,45,46,47,49)/t27-,34?/m1/s1. The second-order valence-corrected chi connectivity index (χ2v) is 16.8. The number of benzene rings is 2. The number of carbonyl (C=O) groups excluding carboxylic acids is 4. The van der Waals surface area contributed by atoms with Gasteiger partial charge in [-0.1, -0.05) is 50.2 Å². The molecule has 3 aliphatic rings. The fourth-order valence-corrected chi connectivity index (χ4v) is 7.86. The Kier molecular flexibility index (Phi) is 11.0. The molecule has 5 aromatic rings. The SMILES string of the molecule is Cc1cc(-c2cc(Nc3ccc(N4CCN(C(=O)C5CN(c6ccc(C7CCC(=O)NC7=O)cc6)C5)CC4)cn3)ncn2)ccc1[C@@H](C)NC(=O)c1nc(C(C)(C)C)no1. The van der Waals surface area contributed by atoms with Crippen LogP contribution < -0.4 is 25.8 Å². The lowest BCUT2D eigenvalue weighted by Crippen LogP contribution is -2.58. The third-order valence-electron chi connectivity index (χ3n) is 11.4. The first-order valence-electron chi connectivity index (χ1n) is 20.3. The number of anilines is 4. The number of nitrogens with zero attached hydrogens (tertiary/aromatic N) is 8. The van der Waals surface area contributed by atoms with E-state index in [0.717, 1.165) is 39.3 Å². The maximum Gasteiger partial charge on any atom is 0.315 e. The number of piperidine rings is 1. The number of amides is 4. The Bertz CT molecular complexity index is 2400. The Morgan fingerprint density at radius 2 is 1.63 bits per heavy atom. The number of hydrogen-bond acceptors (Lipinski definition) is 13. The van der Waals surface area contributed by atoms with Crippen molar-refractivity contribution >= 4 is 46.6 Å². The van der Waals surface area contributed by atoms with Crippen LogP contribution >= 0.6 is 0 Å². The number of carbonyl (C=O) groups is 4. The third kappa shape index (κ3) is 8.67. The van der Waals surface area contributed by atoms with E-state index in [9.17, 15) is 19.2 Å². The van der Waals surface area contributed by atoms with Crippen molar-refractivity contribution in [3.8, 4) is 11.3 Å². The Morgan fingerprint density at radius 3 is 2.30 bits per heavy atom. The number of aromatic nitrogens is 5. The number of nitrogens with one attached hydrogen (secondary N) is 3. The van der Waals surface area contributed by atoms with Crippen LogP contribution in [0.25, 0.3) is 11.3 Å². The molecule has 3 aromatic heterocycles. The molecule has 4 amide bonds. The van der Waals surface area contributed by atoms with E-state index in [-0.39, 0.29) is 46.9 Å². The molecule has 3 fully saturated rings. The van der Waals surface area contributed by atoms with Crippen LogP contribution in [0.15, 0.2) is 77.7 Å². The normalized spacial score (nSPS) is 17.8. The van der Waals surface area contributed by atoms with Crippen LogP contribution in [-0.2, 0) is 19.8 Å². The van der Waals surface area contributed by atoms with Crippen LogP contribution in [0, 0.1) is 12.8 Å². The van der Waals surface area contributed by atoms with Crippen molar-refractivity contribution in [2.75, 3.05) is 54.4 Å². The van der Waals surface area contributed by atoms with Crippen LogP contribution in [0.1, 0.15) is 85.7 Å². The summed E-state index contributed by atoms with van der Waals surface area (Å²) in [5.41, 5.74) is 6.16. The zero-order valence-electron chi connectivity index (χ0n) is 34.4. The summed E-state index contributed by atoms with van der Waals surface area (Å²) in [6.45, 7) is 13.8. The first-order chi connectivity index (χ1) is 28.8. The van der Waals surface area contributed by atoms with Crippen molar-refractivity contribution in [3.05, 3.63) is 102 Å². The highest BCUT2D eigenvalue weighted by Gasteiger charge is 2.37. The van der Waals surface area contributed by atoms with Gasteiger partial charge in [-0.15, -0.1) is 0 Å². The second kappa shape index (κ2) is 16.5. The summed E-state index contributed by atoms with van der Waals surface area (Å²) in [6.07, 6.45) is 4.22. The lowest BCUT2D eigenvalue weighted by molar-refractivity contribution is -0.137. The topological polar surface area (TPSA) is 192 Å². The van der Waals surface area contributed by atoms with E-state index in [1.54, 1.807) is 0 Å². The molecule has 3 aliphatic heterocycles. The summed E-state index contributed by atoms with van der Waals surface area (Å²) >= 11 is 0. The molecule has 3 N–H and O–H groups in total. The summed E-state index contributed by atoms with van der Waals surface area (Å²) in [4.78, 5) is 74.2. The predicted octanol–water partition coefficient (Wildman–Crippen LogP) is 5.07. The molecule has 310 valence electrons. The average molecular weight is 812 g/mol. The molecule has 16 heteroatoms. The average Bonchev–Trinajstić information content (AvgIpc) is 3.73. The molecule has 0 spiro atoms. The molecule has 2 atom stereocenters. The van der Waals surface area contributed by atoms with Gasteiger partial charge in [0.25, 0.3) is 0 Å². The first kappa shape index (κ1) is 40.1. The minimum Gasteiger partial charge on any atom is -0.370 e. The quantitative estimate of drug-likeness (QED) is 0.159. The molecule has 0 radical (unpaired) electrons. The molecule has 0 bridgehead atoms. The van der Waals surface area contributed by atoms with E-state index in [0.29, 0.717) is 69.6 Å². The summed E-state index contributed by atoms with van der Waals surface area (Å²) in [7, 11) is 0. The van der Waals surface area contributed by atoms with Crippen LogP contribution in [0.4, 0.5) is 23.0 Å². The van der Waals surface area contributed by atoms with Gasteiger partial charge in [0.2, 0.25) is 17.7 Å². The molecule has 16 nitrogen and oxygen atoms in total. The van der Waals surface area contributed by atoms with Gasteiger partial charge in [-0.25, -0.2) is 15.0 Å². The predicted molar refractivity (Wildman–Crippen MR) is 225 cm³/mol. The highest BCUT2D eigenvalue weighted by Crippen LogP contribution is 2.31. The van der Waals surface area contributed by atoms with Gasteiger partial charge in [0.05, 0.1) is 35.5 Å². The van der Waals surface area contributed by atoms with E-state index in [2.05, 4.69) is 50.8 Å². The Labute approximate surface area is 348 Å². The number of pyridine rings is 1. The molecule has 0 saturated carbocycles. The highest BCUT2D eigenvalue weighted by molar-refractivity contribution is 6.01. The Balaban J connectivity index is 0.801. The van der Waals surface area contributed by atoms with Crippen molar-refractivity contribution in [1.82, 2.24) is 40.6 Å². The lowest BCUT2D eigenvalue weighted by Gasteiger charge is -2.44. The van der Waals surface area contributed by atoms with Gasteiger partial charge in [-0.2, -0.15) is 4.98 Å². The van der Waals surface area contributed by atoms with E-state index in [1.165, 1.54) is 6.33 Å². The van der Waals surface area contributed by atoms with Crippen molar-refractivity contribution in [1.29, 1.82) is 0 Å². The molecule has 8 rings (SSSR count). The highest BCUT2D eigenvalue weighted by atomic mass is 16.5. The molecule has 3 saturated heterocycles. The third-order valence-corrected chi connectivity index (χ3v) is 11.4. The van der Waals surface area contributed by atoms with Crippen LogP contribution in [0.5, 0.6) is 0 Å². The Hall–Kier alpha value is -6.71. The minimum atomic E-state index is -0.426. The van der Waals surface area contributed by atoms with E-state index < -0.39 is 5.91 Å². The fraction of sp³-hybridized carbons (Fsp3) is 0.386. The van der Waals surface area contributed by atoms with Gasteiger partial charge in [-0.3, -0.25) is 24.5 Å². The number of hydrogen-bond donors (Lipinski definition) is 3. The fourth-order valence-electron chi connectivity index (χ4n) is 7.86. The summed E-state index contributed by atoms with van der Waals surface area (Å²) < 4.78 is 5.21. The maximum atomic E-state index is 13.4. The summed E-state index contributed by atoms with van der Waals surface area (Å²) in [5, 5.41) is 12.6. The van der Waals surface area contributed by atoms with Gasteiger partial charge < -0.3 is 29.9 Å². The van der Waals surface area contributed by atoms with Crippen LogP contribution in [0.2, 0.25) is 0 Å². The van der Waals surface area contributed by atoms with Gasteiger partial charge >= 0.3 is 11.8 Å². The van der Waals surface area contributed by atoms with Gasteiger partial charge in [0, 0.05) is 68.4 Å². The zero-order valence-corrected chi connectivity index (χ0v) is 34.4. The van der Waals surface area contributed by atoms with E-state index >= 15 is 0 Å². The monoisotopic (exact) mass is 811 g/mol. The molecular weight excluding hydrogens is 763 g/mol. The maximum absolute atomic E-state index is 13.4. The number of rotatable bonds is 10. The first-order valence-corrected chi connectivity index (χ1v) is 20.3. The lowest BCUT2D eigenvalue weighted by atomic mass is 9.90. The largest absolute Gasteiger partial charge is 0.370 e. The smallest absolute Gasteiger partial charge is 0.315 e. The zero-order chi connectivity index (χ0) is 42.1. The summed E-state index contributed by atoms with van der Waals surface area (Å²) in [5.74, 6) is 0.614. The second-order valence-electron chi connectivity index (χ2n) is 16.8. The van der Waals surface area contributed by atoms with E-state index in [1.807, 2.05) is 106 Å². The number of aryl methyl sites for hydroxylation is 1. The van der Waals surface area contributed by atoms with Crippen molar-refractivity contribution in [2.24, 2.45) is 5.92 Å². The van der Waals surface area contributed by atoms with Gasteiger partial charge in [0.1, 0.15) is 18.0 Å². The molecule has 1 unspecified atom stereocenters. The van der Waals surface area contributed by atoms with Crippen molar-refractivity contribution in [2.45, 2.75) is 64.8 Å². The van der Waals surface area contributed by atoms with Crippen molar-refractivity contribution < 1.29 is 23.7 Å². The van der Waals surface area contributed by atoms with E-state index in [4.69, 9.17) is 4.52 Å². The molecular formula is C44H49N11O5.